The van der Waals surface area contributed by atoms with E-state index in [1.54, 1.807) is 24.5 Å². The highest BCUT2D eigenvalue weighted by atomic mass is 16.2. The minimum atomic E-state index is -0.686. The second kappa shape index (κ2) is 10.2. The Labute approximate surface area is 207 Å². The van der Waals surface area contributed by atoms with E-state index in [1.165, 1.54) is 0 Å². The Hall–Kier alpha value is -4.82. The number of benzene rings is 3. The van der Waals surface area contributed by atoms with Crippen LogP contribution in [0, 0.1) is 0 Å². The molecule has 0 saturated heterocycles. The molecule has 0 fully saturated rings. The quantitative estimate of drug-likeness (QED) is 0.277. The number of hydrogen-bond acceptors (Lipinski definition) is 5. The number of anilines is 2. The van der Waals surface area contributed by atoms with Crippen molar-refractivity contribution in [1.82, 2.24) is 15.2 Å². The van der Waals surface area contributed by atoms with Gasteiger partial charge in [-0.05, 0) is 47.9 Å². The van der Waals surface area contributed by atoms with Crippen molar-refractivity contribution >= 4 is 34.2 Å². The highest BCUT2D eigenvalue weighted by Gasteiger charge is 2.16. The van der Waals surface area contributed by atoms with Gasteiger partial charge in [-0.25, -0.2) is 0 Å². The molecule has 1 atom stereocenters. The van der Waals surface area contributed by atoms with Gasteiger partial charge in [0.2, 0.25) is 5.91 Å². The molecule has 0 aliphatic carbocycles. The summed E-state index contributed by atoms with van der Waals surface area (Å²) in [6.07, 6.45) is 3.73. The number of amides is 2. The molecular formula is C28H24N6O2. The van der Waals surface area contributed by atoms with Crippen molar-refractivity contribution in [1.29, 1.82) is 0 Å². The Balaban J connectivity index is 1.33. The first-order chi connectivity index (χ1) is 17.6. The number of aromatic nitrogens is 3. The van der Waals surface area contributed by atoms with E-state index >= 15 is 0 Å². The second-order valence-electron chi connectivity index (χ2n) is 8.40. The SMILES string of the molecule is N[C@@H](Cc1ccccc1)C(=O)Nc1cncc(-c2ccc3[nH]nc(NC(=O)c4ccccc4)c3c2)c1. The zero-order valence-corrected chi connectivity index (χ0v) is 19.3. The van der Waals surface area contributed by atoms with E-state index in [0.717, 1.165) is 27.6 Å². The lowest BCUT2D eigenvalue weighted by atomic mass is 10.0. The molecule has 0 spiro atoms. The number of nitrogens with two attached hydrogens (primary N) is 1. The number of nitrogens with one attached hydrogen (secondary N) is 3. The van der Waals surface area contributed by atoms with E-state index in [4.69, 9.17) is 5.73 Å². The van der Waals surface area contributed by atoms with E-state index in [1.807, 2.05) is 72.8 Å². The minimum Gasteiger partial charge on any atom is -0.323 e. The van der Waals surface area contributed by atoms with Crippen molar-refractivity contribution in [2.75, 3.05) is 10.6 Å². The van der Waals surface area contributed by atoms with Gasteiger partial charge in [0, 0.05) is 22.7 Å². The lowest BCUT2D eigenvalue weighted by molar-refractivity contribution is -0.117. The first-order valence-corrected chi connectivity index (χ1v) is 11.5. The van der Waals surface area contributed by atoms with Gasteiger partial charge in [-0.2, -0.15) is 5.10 Å². The lowest BCUT2D eigenvalue weighted by Crippen LogP contribution is -2.37. The maximum atomic E-state index is 12.7. The van der Waals surface area contributed by atoms with Crippen LogP contribution in [0.5, 0.6) is 0 Å². The number of hydrogen-bond donors (Lipinski definition) is 4. The Morgan fingerprint density at radius 2 is 1.61 bits per heavy atom. The molecule has 0 bridgehead atoms. The number of carbonyl (C=O) groups is 2. The largest absolute Gasteiger partial charge is 0.323 e. The fourth-order valence-corrected chi connectivity index (χ4v) is 3.92. The molecule has 8 heteroatoms. The summed E-state index contributed by atoms with van der Waals surface area (Å²) in [4.78, 5) is 29.5. The van der Waals surface area contributed by atoms with Crippen LogP contribution < -0.4 is 16.4 Å². The van der Waals surface area contributed by atoms with Crippen molar-refractivity contribution in [3.05, 3.63) is 108 Å². The molecule has 0 unspecified atom stereocenters. The maximum absolute atomic E-state index is 12.7. The summed E-state index contributed by atoms with van der Waals surface area (Å²) in [5.41, 5.74) is 10.6. The summed E-state index contributed by atoms with van der Waals surface area (Å²) in [5, 5.41) is 13.7. The van der Waals surface area contributed by atoms with Gasteiger partial charge in [0.15, 0.2) is 5.82 Å². The molecule has 5 rings (SSSR count). The number of rotatable bonds is 7. The van der Waals surface area contributed by atoms with Crippen molar-refractivity contribution in [3.63, 3.8) is 0 Å². The average molecular weight is 477 g/mol. The molecule has 2 aromatic heterocycles. The topological polar surface area (TPSA) is 126 Å². The van der Waals surface area contributed by atoms with Crippen LogP contribution in [0.25, 0.3) is 22.0 Å². The van der Waals surface area contributed by atoms with Gasteiger partial charge in [-0.3, -0.25) is 19.7 Å². The Kier molecular flexibility index (Phi) is 6.51. The van der Waals surface area contributed by atoms with Crippen LogP contribution in [-0.2, 0) is 11.2 Å². The molecule has 8 nitrogen and oxygen atoms in total. The van der Waals surface area contributed by atoms with Crippen LogP contribution in [0.4, 0.5) is 11.5 Å². The van der Waals surface area contributed by atoms with Crippen LogP contribution >= 0.6 is 0 Å². The van der Waals surface area contributed by atoms with E-state index < -0.39 is 6.04 Å². The van der Waals surface area contributed by atoms with Crippen LogP contribution in [0.1, 0.15) is 15.9 Å². The zero-order chi connectivity index (χ0) is 24.9. The maximum Gasteiger partial charge on any atom is 0.256 e. The molecule has 3 aromatic carbocycles. The smallest absolute Gasteiger partial charge is 0.256 e. The molecule has 0 radical (unpaired) electrons. The van der Waals surface area contributed by atoms with Gasteiger partial charge in [-0.15, -0.1) is 0 Å². The standard InChI is InChI=1S/C28H24N6O2/c29-24(13-18-7-3-1-4-8-18)28(36)31-22-14-21(16-30-17-22)20-11-12-25-23(15-20)26(34-33-25)32-27(35)19-9-5-2-6-10-19/h1-12,14-17,24H,13,29H2,(H,31,36)(H2,32,33,34,35)/t24-/m0/s1. The first-order valence-electron chi connectivity index (χ1n) is 11.5. The predicted molar refractivity (Wildman–Crippen MR) is 140 cm³/mol. The van der Waals surface area contributed by atoms with Crippen molar-refractivity contribution in [2.45, 2.75) is 12.5 Å². The molecule has 0 saturated carbocycles. The van der Waals surface area contributed by atoms with Gasteiger partial charge < -0.3 is 16.4 Å². The molecule has 5 aromatic rings. The highest BCUT2D eigenvalue weighted by Crippen LogP contribution is 2.28. The minimum absolute atomic E-state index is 0.243. The van der Waals surface area contributed by atoms with E-state index in [9.17, 15) is 9.59 Å². The van der Waals surface area contributed by atoms with Crippen LogP contribution in [0.3, 0.4) is 0 Å². The molecule has 2 amide bonds. The second-order valence-corrected chi connectivity index (χ2v) is 8.40. The molecule has 2 heterocycles. The summed E-state index contributed by atoms with van der Waals surface area (Å²) < 4.78 is 0. The van der Waals surface area contributed by atoms with Gasteiger partial charge in [0.25, 0.3) is 5.91 Å². The molecule has 0 aliphatic rings. The van der Waals surface area contributed by atoms with E-state index in [2.05, 4.69) is 25.8 Å². The fraction of sp³-hybridized carbons (Fsp3) is 0.0714. The van der Waals surface area contributed by atoms with Gasteiger partial charge in [-0.1, -0.05) is 54.6 Å². The Bertz CT molecular complexity index is 1520. The first kappa shape index (κ1) is 22.9. The number of H-pyrrole nitrogens is 1. The molecular weight excluding hydrogens is 452 g/mol. The highest BCUT2D eigenvalue weighted by molar-refractivity contribution is 6.08. The summed E-state index contributed by atoms with van der Waals surface area (Å²) >= 11 is 0. The number of fused-ring (bicyclic) bond motifs is 1. The Morgan fingerprint density at radius 3 is 2.39 bits per heavy atom. The monoisotopic (exact) mass is 476 g/mol. The average Bonchev–Trinajstić information content (AvgIpc) is 3.31. The van der Waals surface area contributed by atoms with E-state index in [-0.39, 0.29) is 11.8 Å². The number of nitrogens with zero attached hydrogens (tertiary/aromatic N) is 2. The van der Waals surface area contributed by atoms with Crippen molar-refractivity contribution in [3.8, 4) is 11.1 Å². The summed E-state index contributed by atoms with van der Waals surface area (Å²) in [7, 11) is 0. The van der Waals surface area contributed by atoms with Crippen LogP contribution in [-0.4, -0.2) is 33.0 Å². The number of carbonyl (C=O) groups excluding carboxylic acids is 2. The molecule has 5 N–H and O–H groups in total. The summed E-state index contributed by atoms with van der Waals surface area (Å²) in [5.74, 6) is -0.0911. The number of pyridine rings is 1. The lowest BCUT2D eigenvalue weighted by Gasteiger charge is -2.13. The number of aromatic amines is 1. The fourth-order valence-electron chi connectivity index (χ4n) is 3.92. The Morgan fingerprint density at radius 1 is 0.861 bits per heavy atom. The summed E-state index contributed by atoms with van der Waals surface area (Å²) in [6, 6.07) is 25.5. The van der Waals surface area contributed by atoms with Crippen LogP contribution in [0.15, 0.2) is 97.3 Å². The van der Waals surface area contributed by atoms with E-state index in [0.29, 0.717) is 23.5 Å². The van der Waals surface area contributed by atoms with Gasteiger partial charge in [0.05, 0.1) is 23.4 Å². The third-order valence-electron chi connectivity index (χ3n) is 5.81. The predicted octanol–water partition coefficient (Wildman–Crippen LogP) is 4.39. The molecule has 0 aliphatic heterocycles. The third-order valence-corrected chi connectivity index (χ3v) is 5.81. The van der Waals surface area contributed by atoms with Crippen molar-refractivity contribution < 1.29 is 9.59 Å². The van der Waals surface area contributed by atoms with Crippen LogP contribution in [0.2, 0.25) is 0 Å². The molecule has 178 valence electrons. The van der Waals surface area contributed by atoms with Gasteiger partial charge in [0.1, 0.15) is 0 Å². The van der Waals surface area contributed by atoms with Crippen molar-refractivity contribution in [2.24, 2.45) is 5.73 Å². The summed E-state index contributed by atoms with van der Waals surface area (Å²) in [6.45, 7) is 0. The molecule has 36 heavy (non-hydrogen) atoms. The normalized spacial score (nSPS) is 11.7. The zero-order valence-electron chi connectivity index (χ0n) is 19.3. The third kappa shape index (κ3) is 5.13. The van der Waals surface area contributed by atoms with Gasteiger partial charge >= 0.3 is 0 Å².